The molecule has 0 aliphatic carbocycles. The molecule has 6 heteroatoms. The number of nitrogens with zero attached hydrogens (tertiary/aromatic N) is 2. The molecule has 26 heavy (non-hydrogen) atoms. The van der Waals surface area contributed by atoms with Crippen LogP contribution in [0.1, 0.15) is 15.9 Å². The number of fused-ring (bicyclic) bond motifs is 1. The van der Waals surface area contributed by atoms with Crippen LogP contribution in [0.4, 0.5) is 5.69 Å². The fourth-order valence-corrected chi connectivity index (χ4v) is 4.61. The molecule has 2 atom stereocenters. The highest BCUT2D eigenvalue weighted by Crippen LogP contribution is 2.42. The van der Waals surface area contributed by atoms with Crippen LogP contribution in [0.3, 0.4) is 0 Å². The fourth-order valence-electron chi connectivity index (χ4n) is 4.61. The first-order valence-electron chi connectivity index (χ1n) is 9.42. The SMILES string of the molecule is COC[C@@]12COC[C@@H]1CN(C(=O)c1ccc(N3CCOCC3)c(C)c1)C2. The van der Waals surface area contributed by atoms with Gasteiger partial charge in [-0.15, -0.1) is 0 Å². The van der Waals surface area contributed by atoms with E-state index in [1.165, 1.54) is 5.69 Å². The molecule has 3 heterocycles. The lowest BCUT2D eigenvalue weighted by molar-refractivity contribution is 0.0489. The number of benzene rings is 1. The van der Waals surface area contributed by atoms with E-state index in [9.17, 15) is 4.79 Å². The molecule has 3 aliphatic rings. The lowest BCUT2D eigenvalue weighted by atomic mass is 9.82. The van der Waals surface area contributed by atoms with Gasteiger partial charge in [0.15, 0.2) is 0 Å². The molecule has 0 N–H and O–H groups in total. The smallest absolute Gasteiger partial charge is 0.253 e. The van der Waals surface area contributed by atoms with Gasteiger partial charge in [-0.2, -0.15) is 0 Å². The van der Waals surface area contributed by atoms with Gasteiger partial charge in [0, 0.05) is 55.9 Å². The van der Waals surface area contributed by atoms with E-state index < -0.39 is 0 Å². The molecule has 142 valence electrons. The number of hydrogen-bond donors (Lipinski definition) is 0. The highest BCUT2D eigenvalue weighted by Gasteiger charge is 2.51. The van der Waals surface area contributed by atoms with Crippen molar-refractivity contribution in [2.45, 2.75) is 6.92 Å². The van der Waals surface area contributed by atoms with Crippen molar-refractivity contribution in [3.63, 3.8) is 0 Å². The van der Waals surface area contributed by atoms with Crippen LogP contribution >= 0.6 is 0 Å². The third-order valence-corrected chi connectivity index (χ3v) is 6.04. The fraction of sp³-hybridized carbons (Fsp3) is 0.650. The number of ether oxygens (including phenoxy) is 3. The van der Waals surface area contributed by atoms with E-state index in [-0.39, 0.29) is 11.3 Å². The number of hydrogen-bond acceptors (Lipinski definition) is 5. The van der Waals surface area contributed by atoms with Gasteiger partial charge in [0.1, 0.15) is 0 Å². The second-order valence-corrected chi connectivity index (χ2v) is 7.79. The summed E-state index contributed by atoms with van der Waals surface area (Å²) in [5.41, 5.74) is 3.08. The Hall–Kier alpha value is -1.63. The molecular weight excluding hydrogens is 332 g/mol. The number of likely N-dealkylation sites (tertiary alicyclic amines) is 1. The summed E-state index contributed by atoms with van der Waals surface area (Å²) in [6.45, 7) is 8.95. The van der Waals surface area contributed by atoms with E-state index in [0.29, 0.717) is 25.7 Å². The molecule has 0 bridgehead atoms. The molecule has 4 rings (SSSR count). The van der Waals surface area contributed by atoms with E-state index in [4.69, 9.17) is 14.2 Å². The Morgan fingerprint density at radius 2 is 2.12 bits per heavy atom. The zero-order valence-electron chi connectivity index (χ0n) is 15.7. The number of methoxy groups -OCH3 is 1. The Kier molecular flexibility index (Phi) is 4.90. The van der Waals surface area contributed by atoms with Gasteiger partial charge >= 0.3 is 0 Å². The maximum absolute atomic E-state index is 13.1. The topological polar surface area (TPSA) is 51.2 Å². The van der Waals surface area contributed by atoms with E-state index >= 15 is 0 Å². The second kappa shape index (κ2) is 7.18. The van der Waals surface area contributed by atoms with Crippen molar-refractivity contribution < 1.29 is 19.0 Å². The van der Waals surface area contributed by atoms with Gasteiger partial charge in [0.05, 0.1) is 33.0 Å². The summed E-state index contributed by atoms with van der Waals surface area (Å²) in [5.74, 6) is 0.492. The van der Waals surface area contributed by atoms with Crippen LogP contribution in [0, 0.1) is 18.3 Å². The van der Waals surface area contributed by atoms with Crippen molar-refractivity contribution in [2.24, 2.45) is 11.3 Å². The Morgan fingerprint density at radius 3 is 2.85 bits per heavy atom. The van der Waals surface area contributed by atoms with E-state index in [0.717, 1.165) is 50.6 Å². The molecule has 3 fully saturated rings. The molecule has 6 nitrogen and oxygen atoms in total. The van der Waals surface area contributed by atoms with E-state index in [1.54, 1.807) is 7.11 Å². The number of anilines is 1. The normalized spacial score (nSPS) is 28.5. The molecule has 3 saturated heterocycles. The summed E-state index contributed by atoms with van der Waals surface area (Å²) in [4.78, 5) is 17.4. The first kappa shape index (κ1) is 17.8. The molecule has 1 aromatic rings. The number of amides is 1. The van der Waals surface area contributed by atoms with Gasteiger partial charge in [-0.1, -0.05) is 0 Å². The van der Waals surface area contributed by atoms with Crippen molar-refractivity contribution >= 4 is 11.6 Å². The summed E-state index contributed by atoms with van der Waals surface area (Å²) >= 11 is 0. The van der Waals surface area contributed by atoms with Crippen LogP contribution in [0.25, 0.3) is 0 Å². The summed E-state index contributed by atoms with van der Waals surface area (Å²) in [6.07, 6.45) is 0. The van der Waals surface area contributed by atoms with Crippen molar-refractivity contribution in [2.75, 3.05) is 71.2 Å². The van der Waals surface area contributed by atoms with Crippen LogP contribution in [0.15, 0.2) is 18.2 Å². The van der Waals surface area contributed by atoms with Crippen LogP contribution in [0.5, 0.6) is 0 Å². The van der Waals surface area contributed by atoms with Crippen LogP contribution in [-0.4, -0.2) is 77.1 Å². The maximum Gasteiger partial charge on any atom is 0.253 e. The Morgan fingerprint density at radius 1 is 1.31 bits per heavy atom. The minimum Gasteiger partial charge on any atom is -0.384 e. The quantitative estimate of drug-likeness (QED) is 0.816. The maximum atomic E-state index is 13.1. The molecule has 0 saturated carbocycles. The third-order valence-electron chi connectivity index (χ3n) is 6.04. The molecule has 0 aromatic heterocycles. The van der Waals surface area contributed by atoms with Crippen LogP contribution in [-0.2, 0) is 14.2 Å². The van der Waals surface area contributed by atoms with Crippen molar-refractivity contribution in [3.8, 4) is 0 Å². The number of carbonyl (C=O) groups excluding carboxylic acids is 1. The summed E-state index contributed by atoms with van der Waals surface area (Å²) in [7, 11) is 1.72. The molecule has 3 aliphatic heterocycles. The minimum absolute atomic E-state index is 0.0345. The lowest BCUT2D eigenvalue weighted by Gasteiger charge is -2.30. The summed E-state index contributed by atoms with van der Waals surface area (Å²) < 4.78 is 16.5. The largest absolute Gasteiger partial charge is 0.384 e. The zero-order chi connectivity index (χ0) is 18.1. The van der Waals surface area contributed by atoms with Crippen molar-refractivity contribution in [1.82, 2.24) is 4.90 Å². The van der Waals surface area contributed by atoms with E-state index in [1.807, 2.05) is 17.0 Å². The van der Waals surface area contributed by atoms with Crippen molar-refractivity contribution in [1.29, 1.82) is 0 Å². The average Bonchev–Trinajstić information content (AvgIpc) is 3.19. The van der Waals surface area contributed by atoms with Crippen molar-refractivity contribution in [3.05, 3.63) is 29.3 Å². The molecule has 0 radical (unpaired) electrons. The number of carbonyl (C=O) groups is 1. The molecule has 1 aromatic carbocycles. The Labute approximate surface area is 155 Å². The predicted octanol–water partition coefficient (Wildman–Crippen LogP) is 1.57. The summed E-state index contributed by atoms with van der Waals surface area (Å²) in [5, 5.41) is 0. The van der Waals surface area contributed by atoms with Gasteiger partial charge < -0.3 is 24.0 Å². The van der Waals surface area contributed by atoms with Gasteiger partial charge in [0.2, 0.25) is 0 Å². The predicted molar refractivity (Wildman–Crippen MR) is 98.7 cm³/mol. The monoisotopic (exact) mass is 360 g/mol. The van der Waals surface area contributed by atoms with Gasteiger partial charge in [-0.25, -0.2) is 0 Å². The number of morpholine rings is 1. The molecule has 0 unspecified atom stereocenters. The number of rotatable bonds is 4. The molecular formula is C20H28N2O4. The number of aryl methyl sites for hydroxylation is 1. The first-order valence-corrected chi connectivity index (χ1v) is 9.42. The first-order chi connectivity index (χ1) is 12.6. The standard InChI is InChI=1S/C20H28N2O4/c1-15-9-16(3-4-18(15)21-5-7-25-8-6-21)19(23)22-10-17-11-26-14-20(17,12-22)13-24-2/h3-4,9,17H,5-8,10-14H2,1-2H3/t17-,20-/m0/s1. The highest BCUT2D eigenvalue weighted by molar-refractivity contribution is 5.95. The van der Waals surface area contributed by atoms with Gasteiger partial charge in [-0.3, -0.25) is 4.79 Å². The van der Waals surface area contributed by atoms with Crippen LogP contribution in [0.2, 0.25) is 0 Å². The van der Waals surface area contributed by atoms with Gasteiger partial charge in [0.25, 0.3) is 5.91 Å². The average molecular weight is 360 g/mol. The zero-order valence-corrected chi connectivity index (χ0v) is 15.7. The van der Waals surface area contributed by atoms with E-state index in [2.05, 4.69) is 17.9 Å². The highest BCUT2D eigenvalue weighted by atomic mass is 16.5. The molecule has 0 spiro atoms. The second-order valence-electron chi connectivity index (χ2n) is 7.79. The van der Waals surface area contributed by atoms with Crippen LogP contribution < -0.4 is 4.90 Å². The summed E-state index contributed by atoms with van der Waals surface area (Å²) in [6, 6.07) is 6.08. The Bertz CT molecular complexity index is 674. The molecule has 1 amide bonds. The minimum atomic E-state index is -0.0345. The lowest BCUT2D eigenvalue weighted by Crippen LogP contribution is -2.37. The third kappa shape index (κ3) is 3.10. The Balaban J connectivity index is 1.49. The van der Waals surface area contributed by atoms with Gasteiger partial charge in [-0.05, 0) is 30.7 Å².